The highest BCUT2D eigenvalue weighted by atomic mass is 16.3. The van der Waals surface area contributed by atoms with Gasteiger partial charge in [-0.3, -0.25) is 0 Å². The van der Waals surface area contributed by atoms with Gasteiger partial charge in [-0.25, -0.2) is 0 Å². The summed E-state index contributed by atoms with van der Waals surface area (Å²) in [5.74, 6) is 0.748. The molecule has 1 saturated carbocycles. The van der Waals surface area contributed by atoms with E-state index in [9.17, 15) is 0 Å². The first-order chi connectivity index (χ1) is 8.55. The minimum Gasteiger partial charge on any atom is -0.396 e. The van der Waals surface area contributed by atoms with Crippen LogP contribution in [0.5, 0.6) is 0 Å². The summed E-state index contributed by atoms with van der Waals surface area (Å²) in [6.07, 6.45) is 4.92. The second-order valence-electron chi connectivity index (χ2n) is 6.38. The van der Waals surface area contributed by atoms with Crippen LogP contribution in [0, 0.1) is 11.3 Å². The second kappa shape index (κ2) is 7.46. The molecule has 1 fully saturated rings. The normalized spacial score (nSPS) is 27.7. The second-order valence-corrected chi connectivity index (χ2v) is 6.38. The average molecular weight is 256 g/mol. The van der Waals surface area contributed by atoms with Gasteiger partial charge in [0, 0.05) is 25.7 Å². The zero-order valence-corrected chi connectivity index (χ0v) is 12.7. The van der Waals surface area contributed by atoms with E-state index in [-0.39, 0.29) is 0 Å². The lowest BCUT2D eigenvalue weighted by molar-refractivity contribution is 0.0828. The summed E-state index contributed by atoms with van der Waals surface area (Å²) in [6, 6.07) is 0.620. The molecule has 0 radical (unpaired) electrons. The minimum absolute atomic E-state index is 0.308. The van der Waals surface area contributed by atoms with Crippen LogP contribution in [0.3, 0.4) is 0 Å². The number of aliphatic hydroxyl groups is 1. The van der Waals surface area contributed by atoms with Gasteiger partial charge in [-0.15, -0.1) is 0 Å². The molecular weight excluding hydrogens is 224 g/mol. The molecule has 0 aliphatic heterocycles. The van der Waals surface area contributed by atoms with Crippen molar-refractivity contribution >= 4 is 0 Å². The van der Waals surface area contributed by atoms with Gasteiger partial charge in [0.05, 0.1) is 0 Å². The van der Waals surface area contributed by atoms with Crippen LogP contribution in [0.4, 0.5) is 0 Å². The van der Waals surface area contributed by atoms with E-state index < -0.39 is 0 Å². The standard InChI is InChI=1S/C15H32N2O/c1-5-17(10-7-11-18)12-13-8-6-9-15(2,3)14(13)16-4/h13-14,16,18H,5-12H2,1-4H3. The molecule has 2 atom stereocenters. The van der Waals surface area contributed by atoms with Gasteiger partial charge in [0.1, 0.15) is 0 Å². The highest BCUT2D eigenvalue weighted by Crippen LogP contribution is 2.39. The van der Waals surface area contributed by atoms with E-state index in [0.717, 1.165) is 25.4 Å². The van der Waals surface area contributed by atoms with Crippen LogP contribution >= 0.6 is 0 Å². The predicted molar refractivity (Wildman–Crippen MR) is 77.8 cm³/mol. The summed E-state index contributed by atoms with van der Waals surface area (Å²) in [5, 5.41) is 12.5. The number of aliphatic hydroxyl groups excluding tert-OH is 1. The van der Waals surface area contributed by atoms with E-state index in [1.807, 2.05) is 0 Å². The Morgan fingerprint density at radius 2 is 2.11 bits per heavy atom. The zero-order chi connectivity index (χ0) is 13.6. The molecule has 0 amide bonds. The lowest BCUT2D eigenvalue weighted by atomic mass is 9.68. The molecular formula is C15H32N2O. The van der Waals surface area contributed by atoms with Gasteiger partial charge in [0.2, 0.25) is 0 Å². The summed E-state index contributed by atoms with van der Waals surface area (Å²) < 4.78 is 0. The maximum atomic E-state index is 8.96. The van der Waals surface area contributed by atoms with Crippen molar-refractivity contribution in [1.29, 1.82) is 0 Å². The fourth-order valence-corrected chi connectivity index (χ4v) is 3.61. The fourth-order valence-electron chi connectivity index (χ4n) is 3.61. The van der Waals surface area contributed by atoms with Crippen LogP contribution < -0.4 is 5.32 Å². The molecule has 1 rings (SSSR count). The quantitative estimate of drug-likeness (QED) is 0.732. The van der Waals surface area contributed by atoms with Gasteiger partial charge in [-0.2, -0.15) is 0 Å². The molecule has 1 aliphatic rings. The van der Waals surface area contributed by atoms with Gasteiger partial charge < -0.3 is 15.3 Å². The van der Waals surface area contributed by atoms with Gasteiger partial charge >= 0.3 is 0 Å². The van der Waals surface area contributed by atoms with Crippen molar-refractivity contribution < 1.29 is 5.11 Å². The molecule has 3 nitrogen and oxygen atoms in total. The van der Waals surface area contributed by atoms with Crippen LogP contribution in [0.25, 0.3) is 0 Å². The molecule has 0 aromatic heterocycles. The lowest BCUT2D eigenvalue weighted by Gasteiger charge is -2.45. The van der Waals surface area contributed by atoms with E-state index in [4.69, 9.17) is 5.11 Å². The van der Waals surface area contributed by atoms with Crippen molar-refractivity contribution in [2.45, 2.75) is 52.5 Å². The number of nitrogens with zero attached hydrogens (tertiary/aromatic N) is 1. The summed E-state index contributed by atoms with van der Waals surface area (Å²) in [5.41, 5.74) is 0.411. The van der Waals surface area contributed by atoms with Crippen LogP contribution in [-0.4, -0.2) is 49.3 Å². The molecule has 0 saturated heterocycles. The molecule has 108 valence electrons. The van der Waals surface area contributed by atoms with Crippen LogP contribution in [0.1, 0.15) is 46.5 Å². The van der Waals surface area contributed by atoms with Crippen LogP contribution in [0.2, 0.25) is 0 Å². The van der Waals surface area contributed by atoms with E-state index >= 15 is 0 Å². The Morgan fingerprint density at radius 1 is 1.39 bits per heavy atom. The molecule has 0 heterocycles. The van der Waals surface area contributed by atoms with Crippen LogP contribution in [-0.2, 0) is 0 Å². The average Bonchev–Trinajstić information content (AvgIpc) is 2.33. The summed E-state index contributed by atoms with van der Waals surface area (Å²) in [7, 11) is 2.11. The predicted octanol–water partition coefficient (Wildman–Crippen LogP) is 2.10. The van der Waals surface area contributed by atoms with E-state index in [1.165, 1.54) is 25.8 Å². The molecule has 1 aliphatic carbocycles. The Hall–Kier alpha value is -0.120. The Morgan fingerprint density at radius 3 is 2.67 bits per heavy atom. The Labute approximate surface area is 113 Å². The third-order valence-electron chi connectivity index (χ3n) is 4.59. The molecule has 18 heavy (non-hydrogen) atoms. The van der Waals surface area contributed by atoms with E-state index in [0.29, 0.717) is 18.1 Å². The number of hydrogen-bond acceptors (Lipinski definition) is 3. The SMILES string of the molecule is CCN(CCCO)CC1CCCC(C)(C)C1NC. The smallest absolute Gasteiger partial charge is 0.0443 e. The third kappa shape index (κ3) is 4.22. The Balaban J connectivity index is 2.57. The largest absolute Gasteiger partial charge is 0.396 e. The fraction of sp³-hybridized carbons (Fsp3) is 1.00. The topological polar surface area (TPSA) is 35.5 Å². The van der Waals surface area contributed by atoms with Gasteiger partial charge in [-0.1, -0.05) is 27.2 Å². The first-order valence-corrected chi connectivity index (χ1v) is 7.55. The molecule has 2 unspecified atom stereocenters. The zero-order valence-electron chi connectivity index (χ0n) is 12.7. The van der Waals surface area contributed by atoms with Gasteiger partial charge in [0.15, 0.2) is 0 Å². The highest BCUT2D eigenvalue weighted by molar-refractivity contribution is 4.93. The summed E-state index contributed by atoms with van der Waals surface area (Å²) >= 11 is 0. The number of nitrogens with one attached hydrogen (secondary N) is 1. The summed E-state index contributed by atoms with van der Waals surface area (Å²) in [6.45, 7) is 10.6. The van der Waals surface area contributed by atoms with E-state index in [2.05, 4.69) is 38.0 Å². The molecule has 3 heteroatoms. The van der Waals surface area contributed by atoms with Crippen molar-refractivity contribution in [2.75, 3.05) is 33.3 Å². The number of hydrogen-bond donors (Lipinski definition) is 2. The first kappa shape index (κ1) is 15.9. The van der Waals surface area contributed by atoms with Crippen molar-refractivity contribution in [1.82, 2.24) is 10.2 Å². The van der Waals surface area contributed by atoms with Crippen molar-refractivity contribution in [3.63, 3.8) is 0 Å². The van der Waals surface area contributed by atoms with Crippen molar-refractivity contribution in [3.05, 3.63) is 0 Å². The molecule has 0 bridgehead atoms. The Kier molecular flexibility index (Phi) is 6.61. The highest BCUT2D eigenvalue weighted by Gasteiger charge is 2.38. The lowest BCUT2D eigenvalue weighted by Crippen LogP contribution is -2.51. The maximum Gasteiger partial charge on any atom is 0.0443 e. The molecule has 0 aromatic rings. The third-order valence-corrected chi connectivity index (χ3v) is 4.59. The molecule has 0 aromatic carbocycles. The Bertz CT molecular complexity index is 231. The van der Waals surface area contributed by atoms with Crippen molar-refractivity contribution in [2.24, 2.45) is 11.3 Å². The van der Waals surface area contributed by atoms with Crippen LogP contribution in [0.15, 0.2) is 0 Å². The van der Waals surface area contributed by atoms with Gasteiger partial charge in [-0.05, 0) is 44.2 Å². The number of rotatable bonds is 7. The van der Waals surface area contributed by atoms with Gasteiger partial charge in [0.25, 0.3) is 0 Å². The maximum absolute atomic E-state index is 8.96. The molecule has 0 spiro atoms. The minimum atomic E-state index is 0.308. The molecule has 2 N–H and O–H groups in total. The monoisotopic (exact) mass is 256 g/mol. The van der Waals surface area contributed by atoms with E-state index in [1.54, 1.807) is 0 Å². The summed E-state index contributed by atoms with van der Waals surface area (Å²) in [4.78, 5) is 2.49. The first-order valence-electron chi connectivity index (χ1n) is 7.55. The van der Waals surface area contributed by atoms with Crippen molar-refractivity contribution in [3.8, 4) is 0 Å².